The first-order chi connectivity index (χ1) is 8.40. The molecule has 0 bridgehead atoms. The Kier molecular flexibility index (Phi) is 4.70. The Morgan fingerprint density at radius 1 is 1.44 bits per heavy atom. The van der Waals surface area contributed by atoms with E-state index in [9.17, 15) is 14.4 Å². The lowest BCUT2D eigenvalue weighted by Crippen LogP contribution is -2.49. The van der Waals surface area contributed by atoms with Crippen LogP contribution >= 0.6 is 0 Å². The van der Waals surface area contributed by atoms with Gasteiger partial charge in [-0.15, -0.1) is 0 Å². The van der Waals surface area contributed by atoms with E-state index in [0.29, 0.717) is 13.1 Å². The molecule has 0 aromatic rings. The van der Waals surface area contributed by atoms with Gasteiger partial charge in [0.05, 0.1) is 6.42 Å². The molecule has 0 aromatic heterocycles. The summed E-state index contributed by atoms with van der Waals surface area (Å²) in [6, 6.07) is -1.95. The number of carbonyl (C=O) groups excluding carboxylic acids is 1. The Morgan fingerprint density at radius 2 is 2.11 bits per heavy atom. The number of aliphatic carboxylic acids is 2. The first-order valence-electron chi connectivity index (χ1n) is 5.56. The van der Waals surface area contributed by atoms with Gasteiger partial charge in [0.15, 0.2) is 0 Å². The maximum absolute atomic E-state index is 11.7. The number of hydrogen-bond acceptors (Lipinski definition) is 3. The van der Waals surface area contributed by atoms with E-state index in [4.69, 9.17) is 10.2 Å². The number of amides is 2. The zero-order chi connectivity index (χ0) is 13.7. The van der Waals surface area contributed by atoms with Crippen molar-refractivity contribution in [3.63, 3.8) is 0 Å². The Bertz CT molecular complexity index is 391. The van der Waals surface area contributed by atoms with E-state index in [1.807, 2.05) is 13.0 Å². The van der Waals surface area contributed by atoms with Crippen LogP contribution in [-0.2, 0) is 9.59 Å². The van der Waals surface area contributed by atoms with Crippen LogP contribution in [0.5, 0.6) is 0 Å². The monoisotopic (exact) mass is 256 g/mol. The second-order valence-corrected chi connectivity index (χ2v) is 4.18. The van der Waals surface area contributed by atoms with E-state index in [1.54, 1.807) is 0 Å². The SMILES string of the molecule is CC1=CCN(C(=O)NC(CC(=O)O)C(=O)O)CC1. The van der Waals surface area contributed by atoms with Crippen molar-refractivity contribution < 1.29 is 24.6 Å². The molecule has 0 fully saturated rings. The maximum atomic E-state index is 11.7. The molecular weight excluding hydrogens is 240 g/mol. The van der Waals surface area contributed by atoms with Gasteiger partial charge in [-0.1, -0.05) is 11.6 Å². The van der Waals surface area contributed by atoms with Gasteiger partial charge in [0.25, 0.3) is 0 Å². The summed E-state index contributed by atoms with van der Waals surface area (Å²) in [4.78, 5) is 34.5. The number of carboxylic acid groups (broad SMARTS) is 2. The second kappa shape index (κ2) is 6.04. The molecule has 7 heteroatoms. The third-order valence-corrected chi connectivity index (χ3v) is 2.70. The van der Waals surface area contributed by atoms with Crippen LogP contribution in [0.1, 0.15) is 19.8 Å². The Morgan fingerprint density at radius 3 is 2.56 bits per heavy atom. The highest BCUT2D eigenvalue weighted by Gasteiger charge is 2.25. The topological polar surface area (TPSA) is 107 Å². The summed E-state index contributed by atoms with van der Waals surface area (Å²) in [5, 5.41) is 19.6. The molecule has 0 aromatic carbocycles. The van der Waals surface area contributed by atoms with Crippen LogP contribution in [0.3, 0.4) is 0 Å². The van der Waals surface area contributed by atoms with Crippen LogP contribution < -0.4 is 5.32 Å². The van der Waals surface area contributed by atoms with Crippen LogP contribution in [0.15, 0.2) is 11.6 Å². The van der Waals surface area contributed by atoms with Crippen molar-refractivity contribution in [2.45, 2.75) is 25.8 Å². The highest BCUT2D eigenvalue weighted by molar-refractivity contribution is 5.86. The van der Waals surface area contributed by atoms with E-state index in [1.165, 1.54) is 10.5 Å². The molecule has 0 aliphatic carbocycles. The number of rotatable bonds is 4. The van der Waals surface area contributed by atoms with Gasteiger partial charge in [-0.25, -0.2) is 9.59 Å². The van der Waals surface area contributed by atoms with Gasteiger partial charge in [0.2, 0.25) is 0 Å². The standard InChI is InChI=1S/C11H16N2O5/c1-7-2-4-13(5-3-7)11(18)12-8(10(16)17)6-9(14)15/h2,8H,3-6H2,1H3,(H,12,18)(H,14,15)(H,16,17). The number of nitrogens with zero attached hydrogens (tertiary/aromatic N) is 1. The molecule has 1 atom stereocenters. The number of carboxylic acids is 2. The average Bonchev–Trinajstić information content (AvgIpc) is 2.28. The molecule has 1 heterocycles. The molecule has 100 valence electrons. The molecule has 0 saturated heterocycles. The molecule has 1 aliphatic heterocycles. The van der Waals surface area contributed by atoms with E-state index in [-0.39, 0.29) is 0 Å². The van der Waals surface area contributed by atoms with Crippen LogP contribution in [-0.4, -0.2) is 52.2 Å². The summed E-state index contributed by atoms with van der Waals surface area (Å²) in [6.07, 6.45) is 1.99. The van der Waals surface area contributed by atoms with E-state index < -0.39 is 30.4 Å². The van der Waals surface area contributed by atoms with E-state index >= 15 is 0 Å². The lowest BCUT2D eigenvalue weighted by molar-refractivity contribution is -0.145. The molecule has 18 heavy (non-hydrogen) atoms. The summed E-state index contributed by atoms with van der Waals surface area (Å²) in [5.74, 6) is -2.62. The lowest BCUT2D eigenvalue weighted by Gasteiger charge is -2.27. The van der Waals surface area contributed by atoms with Gasteiger partial charge in [0.1, 0.15) is 6.04 Å². The molecule has 0 spiro atoms. The summed E-state index contributed by atoms with van der Waals surface area (Å²) < 4.78 is 0. The largest absolute Gasteiger partial charge is 0.481 e. The summed E-state index contributed by atoms with van der Waals surface area (Å²) >= 11 is 0. The fraction of sp³-hybridized carbons (Fsp3) is 0.545. The van der Waals surface area contributed by atoms with E-state index in [2.05, 4.69) is 5.32 Å². The van der Waals surface area contributed by atoms with Crippen molar-refractivity contribution in [2.24, 2.45) is 0 Å². The van der Waals surface area contributed by atoms with Gasteiger partial charge in [-0.05, 0) is 13.3 Å². The van der Waals surface area contributed by atoms with Crippen molar-refractivity contribution in [1.29, 1.82) is 0 Å². The predicted molar refractivity (Wildman–Crippen MR) is 62.2 cm³/mol. The number of nitrogens with one attached hydrogen (secondary N) is 1. The molecule has 0 radical (unpaired) electrons. The zero-order valence-electron chi connectivity index (χ0n) is 10.0. The minimum atomic E-state index is -1.40. The zero-order valence-corrected chi connectivity index (χ0v) is 10.0. The van der Waals surface area contributed by atoms with Crippen LogP contribution in [0, 0.1) is 0 Å². The number of hydrogen-bond donors (Lipinski definition) is 3. The normalized spacial score (nSPS) is 16.7. The van der Waals surface area contributed by atoms with E-state index in [0.717, 1.165) is 6.42 Å². The highest BCUT2D eigenvalue weighted by Crippen LogP contribution is 2.09. The molecule has 3 N–H and O–H groups in total. The summed E-state index contributed by atoms with van der Waals surface area (Å²) in [6.45, 7) is 2.88. The molecular formula is C11H16N2O5. The average molecular weight is 256 g/mol. The van der Waals surface area contributed by atoms with Crippen LogP contribution in [0.4, 0.5) is 4.79 Å². The smallest absolute Gasteiger partial charge is 0.326 e. The highest BCUT2D eigenvalue weighted by atomic mass is 16.4. The van der Waals surface area contributed by atoms with Crippen LogP contribution in [0.25, 0.3) is 0 Å². The van der Waals surface area contributed by atoms with Gasteiger partial charge in [-0.2, -0.15) is 0 Å². The summed E-state index contributed by atoms with van der Waals surface area (Å²) in [7, 11) is 0. The minimum Gasteiger partial charge on any atom is -0.481 e. The van der Waals surface area contributed by atoms with Crippen LogP contribution in [0.2, 0.25) is 0 Å². The summed E-state index contributed by atoms with van der Waals surface area (Å²) in [5.41, 5.74) is 1.18. The Hall–Kier alpha value is -2.05. The minimum absolute atomic E-state index is 0.414. The number of urea groups is 1. The second-order valence-electron chi connectivity index (χ2n) is 4.18. The maximum Gasteiger partial charge on any atom is 0.326 e. The molecule has 2 amide bonds. The van der Waals surface area contributed by atoms with Crippen molar-refractivity contribution >= 4 is 18.0 Å². The van der Waals surface area contributed by atoms with Gasteiger partial charge in [0, 0.05) is 13.1 Å². The molecule has 7 nitrogen and oxygen atoms in total. The van der Waals surface area contributed by atoms with Crippen molar-refractivity contribution in [3.05, 3.63) is 11.6 Å². The van der Waals surface area contributed by atoms with Gasteiger partial charge >= 0.3 is 18.0 Å². The molecule has 1 rings (SSSR count). The molecule has 1 unspecified atom stereocenters. The third kappa shape index (κ3) is 4.08. The fourth-order valence-electron chi connectivity index (χ4n) is 1.57. The molecule has 1 aliphatic rings. The Labute approximate surface area is 104 Å². The first-order valence-corrected chi connectivity index (χ1v) is 5.56. The van der Waals surface area contributed by atoms with Gasteiger partial charge in [-0.3, -0.25) is 4.79 Å². The molecule has 0 saturated carbocycles. The van der Waals surface area contributed by atoms with Crippen molar-refractivity contribution in [2.75, 3.05) is 13.1 Å². The first kappa shape index (κ1) is 14.0. The Balaban J connectivity index is 2.56. The van der Waals surface area contributed by atoms with Gasteiger partial charge < -0.3 is 20.4 Å². The van der Waals surface area contributed by atoms with Crippen molar-refractivity contribution in [1.82, 2.24) is 10.2 Å². The predicted octanol–water partition coefficient (Wildman–Crippen LogP) is 0.276. The quantitative estimate of drug-likeness (QED) is 0.626. The lowest BCUT2D eigenvalue weighted by atomic mass is 10.1. The fourth-order valence-corrected chi connectivity index (χ4v) is 1.57. The number of carbonyl (C=O) groups is 3. The third-order valence-electron chi connectivity index (χ3n) is 2.70. The van der Waals surface area contributed by atoms with Crippen molar-refractivity contribution in [3.8, 4) is 0 Å².